The van der Waals surface area contributed by atoms with Gasteiger partial charge in [0.25, 0.3) is 10.2 Å². The van der Waals surface area contributed by atoms with Crippen molar-refractivity contribution in [3.8, 4) is 0 Å². The molecule has 1 atom stereocenters. The minimum atomic E-state index is -3.68. The molecule has 7 nitrogen and oxygen atoms in total. The Morgan fingerprint density at radius 2 is 1.95 bits per heavy atom. The predicted molar refractivity (Wildman–Crippen MR) is 80.7 cm³/mol. The number of anilines is 1. The average Bonchev–Trinajstić information content (AvgIpc) is 2.45. The van der Waals surface area contributed by atoms with Crippen LogP contribution in [0.15, 0.2) is 24.3 Å². The molecular formula is C13H19FN4O3S. The summed E-state index contributed by atoms with van der Waals surface area (Å²) in [6.45, 7) is 3.04. The summed E-state index contributed by atoms with van der Waals surface area (Å²) in [7, 11) is -3.68. The van der Waals surface area contributed by atoms with Gasteiger partial charge < -0.3 is 5.32 Å². The maximum atomic E-state index is 13.1. The number of rotatable bonds is 4. The van der Waals surface area contributed by atoms with Gasteiger partial charge in [-0.05, 0) is 25.1 Å². The van der Waals surface area contributed by atoms with Crippen LogP contribution in [-0.2, 0) is 15.0 Å². The van der Waals surface area contributed by atoms with Crippen LogP contribution in [0, 0.1) is 5.82 Å². The normalized spacial score (nSPS) is 18.9. The fraction of sp³-hybridized carbons (Fsp3) is 0.462. The van der Waals surface area contributed by atoms with Gasteiger partial charge in [-0.15, -0.1) is 0 Å². The van der Waals surface area contributed by atoms with Crippen LogP contribution in [0.4, 0.5) is 10.1 Å². The van der Waals surface area contributed by atoms with E-state index in [0.29, 0.717) is 18.8 Å². The molecule has 122 valence electrons. The Morgan fingerprint density at radius 1 is 1.32 bits per heavy atom. The average molecular weight is 330 g/mol. The summed E-state index contributed by atoms with van der Waals surface area (Å²) < 4.78 is 36.8. The van der Waals surface area contributed by atoms with Gasteiger partial charge in [-0.2, -0.15) is 12.7 Å². The molecule has 0 radical (unpaired) electrons. The lowest BCUT2D eigenvalue weighted by Crippen LogP contribution is -2.55. The third-order valence-electron chi connectivity index (χ3n) is 3.65. The van der Waals surface area contributed by atoms with Crippen molar-refractivity contribution >= 4 is 21.8 Å². The highest BCUT2D eigenvalue weighted by atomic mass is 32.2. The minimum Gasteiger partial charge on any atom is -0.325 e. The first-order chi connectivity index (χ1) is 10.3. The van der Waals surface area contributed by atoms with Crippen molar-refractivity contribution in [2.75, 3.05) is 31.5 Å². The van der Waals surface area contributed by atoms with Crippen molar-refractivity contribution in [3.05, 3.63) is 30.1 Å². The molecular weight excluding hydrogens is 311 g/mol. The Labute approximate surface area is 129 Å². The lowest BCUT2D eigenvalue weighted by Gasteiger charge is -2.35. The van der Waals surface area contributed by atoms with Crippen LogP contribution in [0.1, 0.15) is 6.92 Å². The van der Waals surface area contributed by atoms with Gasteiger partial charge in [0, 0.05) is 31.9 Å². The van der Waals surface area contributed by atoms with Gasteiger partial charge in [0.15, 0.2) is 0 Å². The number of hydrogen-bond donors (Lipinski definition) is 2. The number of halogens is 1. The van der Waals surface area contributed by atoms with Gasteiger partial charge in [0.1, 0.15) is 5.82 Å². The zero-order valence-corrected chi connectivity index (χ0v) is 13.0. The van der Waals surface area contributed by atoms with Crippen molar-refractivity contribution in [3.63, 3.8) is 0 Å². The largest absolute Gasteiger partial charge is 0.325 e. The van der Waals surface area contributed by atoms with E-state index in [9.17, 15) is 17.6 Å². The van der Waals surface area contributed by atoms with Crippen molar-refractivity contribution in [1.29, 1.82) is 0 Å². The van der Waals surface area contributed by atoms with Crippen LogP contribution >= 0.6 is 0 Å². The highest BCUT2D eigenvalue weighted by Gasteiger charge is 2.29. The van der Waals surface area contributed by atoms with Crippen LogP contribution in [-0.4, -0.2) is 55.8 Å². The van der Waals surface area contributed by atoms with Gasteiger partial charge >= 0.3 is 0 Å². The van der Waals surface area contributed by atoms with Crippen molar-refractivity contribution in [2.45, 2.75) is 13.0 Å². The molecule has 9 heteroatoms. The third-order valence-corrected chi connectivity index (χ3v) is 4.74. The second-order valence-electron chi connectivity index (χ2n) is 5.16. The standard InChI is InChI=1S/C13H19FN4O3S/c1-10(13(19)16-12-4-2-3-11(14)9-12)17-5-7-18(8-6-17)22(15,20)21/h2-4,9-10H,5-8H2,1H3,(H,16,19)(H2,15,20,21). The molecule has 3 N–H and O–H groups in total. The van der Waals surface area contributed by atoms with Crippen LogP contribution < -0.4 is 10.5 Å². The first kappa shape index (κ1) is 16.8. The molecule has 1 aromatic rings. The summed E-state index contributed by atoms with van der Waals surface area (Å²) in [6.07, 6.45) is 0. The van der Waals surface area contributed by atoms with E-state index in [4.69, 9.17) is 5.14 Å². The predicted octanol–water partition coefficient (Wildman–Crippen LogP) is -0.0262. The minimum absolute atomic E-state index is 0.246. The molecule has 2 rings (SSSR count). The number of hydrogen-bond acceptors (Lipinski definition) is 4. The zero-order chi connectivity index (χ0) is 16.3. The van der Waals surface area contributed by atoms with Gasteiger partial charge in [0.05, 0.1) is 6.04 Å². The van der Waals surface area contributed by atoms with Crippen LogP contribution in [0.2, 0.25) is 0 Å². The summed E-state index contributed by atoms with van der Waals surface area (Å²) >= 11 is 0. The van der Waals surface area contributed by atoms with Gasteiger partial charge in [-0.25, -0.2) is 9.53 Å². The lowest BCUT2D eigenvalue weighted by atomic mass is 10.2. The topological polar surface area (TPSA) is 95.7 Å². The number of carbonyl (C=O) groups excluding carboxylic acids is 1. The number of nitrogens with two attached hydrogens (primary N) is 1. The maximum Gasteiger partial charge on any atom is 0.276 e. The monoisotopic (exact) mass is 330 g/mol. The molecule has 0 aromatic heterocycles. The fourth-order valence-electron chi connectivity index (χ4n) is 2.32. The number of carbonyl (C=O) groups is 1. The zero-order valence-electron chi connectivity index (χ0n) is 12.2. The molecule has 1 aromatic carbocycles. The summed E-state index contributed by atoms with van der Waals surface area (Å²) in [5.41, 5.74) is 0.389. The number of piperazine rings is 1. The summed E-state index contributed by atoms with van der Waals surface area (Å²) in [4.78, 5) is 14.0. The first-order valence-electron chi connectivity index (χ1n) is 6.86. The highest BCUT2D eigenvalue weighted by molar-refractivity contribution is 7.86. The molecule has 1 unspecified atom stereocenters. The van der Waals surface area contributed by atoms with E-state index < -0.39 is 22.1 Å². The number of nitrogens with one attached hydrogen (secondary N) is 1. The second kappa shape index (κ2) is 6.69. The molecule has 1 fully saturated rings. The van der Waals surface area contributed by atoms with E-state index in [1.807, 2.05) is 4.90 Å². The maximum absolute atomic E-state index is 13.1. The molecule has 0 spiro atoms. The van der Waals surface area contributed by atoms with Crippen molar-refractivity contribution in [1.82, 2.24) is 9.21 Å². The Hall–Kier alpha value is -1.55. The molecule has 1 saturated heterocycles. The van der Waals surface area contributed by atoms with E-state index in [0.717, 1.165) is 0 Å². The van der Waals surface area contributed by atoms with Gasteiger partial charge in [0.2, 0.25) is 5.91 Å². The highest BCUT2D eigenvalue weighted by Crippen LogP contribution is 2.13. The number of amides is 1. The molecule has 1 heterocycles. The van der Waals surface area contributed by atoms with Crippen LogP contribution in [0.25, 0.3) is 0 Å². The Morgan fingerprint density at radius 3 is 2.50 bits per heavy atom. The number of benzene rings is 1. The SMILES string of the molecule is CC(C(=O)Nc1cccc(F)c1)N1CCN(S(N)(=O)=O)CC1. The fourth-order valence-corrected chi connectivity index (χ4v) is 3.00. The third kappa shape index (κ3) is 4.23. The Kier molecular flexibility index (Phi) is 5.12. The van der Waals surface area contributed by atoms with Gasteiger partial charge in [-0.1, -0.05) is 6.07 Å². The first-order valence-corrected chi connectivity index (χ1v) is 8.36. The molecule has 0 aliphatic carbocycles. The lowest BCUT2D eigenvalue weighted by molar-refractivity contribution is -0.121. The van der Waals surface area contributed by atoms with Crippen LogP contribution in [0.3, 0.4) is 0 Å². The van der Waals surface area contributed by atoms with Crippen LogP contribution in [0.5, 0.6) is 0 Å². The smallest absolute Gasteiger partial charge is 0.276 e. The van der Waals surface area contributed by atoms with Gasteiger partial charge in [-0.3, -0.25) is 9.69 Å². The molecule has 1 aliphatic rings. The summed E-state index contributed by atoms with van der Waals surface area (Å²) in [5, 5.41) is 7.72. The molecule has 0 bridgehead atoms. The van der Waals surface area contributed by atoms with E-state index in [1.54, 1.807) is 13.0 Å². The Balaban J connectivity index is 1.92. The van der Waals surface area contributed by atoms with E-state index in [2.05, 4.69) is 5.32 Å². The molecule has 0 saturated carbocycles. The molecule has 1 amide bonds. The second-order valence-corrected chi connectivity index (χ2v) is 6.70. The number of nitrogens with zero attached hydrogens (tertiary/aromatic N) is 2. The summed E-state index contributed by atoms with van der Waals surface area (Å²) in [6, 6.07) is 5.20. The van der Waals surface area contributed by atoms with E-state index in [-0.39, 0.29) is 19.0 Å². The van der Waals surface area contributed by atoms with E-state index >= 15 is 0 Å². The van der Waals surface area contributed by atoms with Crippen molar-refractivity contribution in [2.24, 2.45) is 5.14 Å². The summed E-state index contributed by atoms with van der Waals surface area (Å²) in [5.74, 6) is -0.693. The Bertz CT molecular complexity index is 644. The van der Waals surface area contributed by atoms with Crippen molar-refractivity contribution < 1.29 is 17.6 Å². The quantitative estimate of drug-likeness (QED) is 0.810. The molecule has 22 heavy (non-hydrogen) atoms. The van der Waals surface area contributed by atoms with E-state index in [1.165, 1.54) is 22.5 Å². The molecule has 1 aliphatic heterocycles.